The van der Waals surface area contributed by atoms with E-state index < -0.39 is 0 Å². The topological polar surface area (TPSA) is 0 Å². The van der Waals surface area contributed by atoms with E-state index in [2.05, 4.69) is 37.1 Å². The van der Waals surface area contributed by atoms with Crippen molar-refractivity contribution in [2.45, 2.75) is 0 Å². The zero-order valence-electron chi connectivity index (χ0n) is 4.87. The fourth-order valence-electron chi connectivity index (χ4n) is 0.712. The molecule has 0 unspecified atom stereocenters. The fourth-order valence-corrected chi connectivity index (χ4v) is 1.53. The van der Waals surface area contributed by atoms with E-state index in [4.69, 9.17) is 0 Å². The summed E-state index contributed by atoms with van der Waals surface area (Å²) in [5.41, 5.74) is 0. The Morgan fingerprint density at radius 2 is 1.22 bits per heavy atom. The molecular weight excluding hydrogens is 128 g/mol. The molecule has 2 aromatic rings. The molecule has 2 bridgehead atoms. The van der Waals surface area contributed by atoms with Crippen LogP contribution in [-0.4, -0.2) is 0 Å². The highest BCUT2D eigenvalue weighted by atomic mass is 32.1. The van der Waals surface area contributed by atoms with E-state index in [1.54, 1.807) is 0 Å². The fraction of sp³-hybridized carbons (Fsp3) is 0. The molecular formula is C8H6S. The second kappa shape index (κ2) is 2.52. The van der Waals surface area contributed by atoms with E-state index >= 15 is 0 Å². The highest BCUT2D eigenvalue weighted by molar-refractivity contribution is 7.24. The van der Waals surface area contributed by atoms with Gasteiger partial charge in [0.15, 0.2) is 0 Å². The van der Waals surface area contributed by atoms with Crippen molar-refractivity contribution in [1.29, 1.82) is 0 Å². The maximum absolute atomic E-state index is 4.00. The molecule has 0 spiro atoms. The van der Waals surface area contributed by atoms with Crippen LogP contribution in [0.4, 0.5) is 0 Å². The molecule has 0 nitrogen and oxygen atoms in total. The molecule has 0 aliphatic heterocycles. The summed E-state index contributed by atoms with van der Waals surface area (Å²) < 4.78 is 2.77. The third-order valence-corrected chi connectivity index (χ3v) is 2.08. The molecule has 0 saturated heterocycles. The molecule has 0 aromatic carbocycles. The summed E-state index contributed by atoms with van der Waals surface area (Å²) in [5.74, 6) is 0. The summed E-state index contributed by atoms with van der Waals surface area (Å²) in [7, 11) is 0. The van der Waals surface area contributed by atoms with Crippen LogP contribution in [0.25, 0.3) is 9.40 Å². The lowest BCUT2D eigenvalue weighted by atomic mass is 10.4. The molecule has 2 heterocycles. The maximum atomic E-state index is 4.00. The van der Waals surface area contributed by atoms with Crippen LogP contribution in [0.1, 0.15) is 0 Å². The minimum absolute atomic E-state index is 1.38. The van der Waals surface area contributed by atoms with Gasteiger partial charge < -0.3 is 0 Å². The van der Waals surface area contributed by atoms with E-state index in [1.165, 1.54) is 9.40 Å². The van der Waals surface area contributed by atoms with Gasteiger partial charge in [-0.15, -0.1) is 24.2 Å². The summed E-state index contributed by atoms with van der Waals surface area (Å²) in [6, 6.07) is 8.56. The second-order valence-corrected chi connectivity index (χ2v) is 2.72. The zero-order chi connectivity index (χ0) is 6.69. The Bertz CT molecular complexity index is 234. The van der Waals surface area contributed by atoms with Crippen molar-refractivity contribution in [1.82, 2.24) is 0 Å². The largest absolute Gasteiger partial charge is 0.137 e. The minimum Gasteiger partial charge on any atom is -0.137 e. The van der Waals surface area contributed by atoms with Gasteiger partial charge in [-0.1, -0.05) is 0 Å². The quantitative estimate of drug-likeness (QED) is 0.486. The molecule has 0 aliphatic rings. The average molecular weight is 134 g/mol. The number of thiophene rings is 2. The SMILES string of the molecule is C#C.c1cc2ccc1s2. The van der Waals surface area contributed by atoms with Crippen LogP contribution in [-0.2, 0) is 0 Å². The van der Waals surface area contributed by atoms with Crippen LogP contribution in [0.2, 0.25) is 0 Å². The molecule has 0 amide bonds. The first-order valence-electron chi connectivity index (χ1n) is 2.56. The Morgan fingerprint density at radius 1 is 0.889 bits per heavy atom. The van der Waals surface area contributed by atoms with Gasteiger partial charge in [-0.25, -0.2) is 0 Å². The summed E-state index contributed by atoms with van der Waals surface area (Å²) in [5, 5.41) is 0. The molecule has 2 rings (SSSR count). The maximum Gasteiger partial charge on any atom is 0.0277 e. The van der Waals surface area contributed by atoms with Gasteiger partial charge in [0.25, 0.3) is 0 Å². The molecule has 0 atom stereocenters. The Kier molecular flexibility index (Phi) is 1.72. The van der Waals surface area contributed by atoms with Crippen molar-refractivity contribution in [2.24, 2.45) is 0 Å². The lowest BCUT2D eigenvalue weighted by molar-refractivity contribution is 1.97. The van der Waals surface area contributed by atoms with Gasteiger partial charge in [-0.3, -0.25) is 0 Å². The monoisotopic (exact) mass is 134 g/mol. The van der Waals surface area contributed by atoms with Crippen LogP contribution in [0.3, 0.4) is 0 Å². The number of benzene rings is 1. The predicted molar refractivity (Wildman–Crippen MR) is 42.9 cm³/mol. The van der Waals surface area contributed by atoms with Crippen LogP contribution in [0.15, 0.2) is 24.3 Å². The molecule has 9 heavy (non-hydrogen) atoms. The summed E-state index contributed by atoms with van der Waals surface area (Å²) in [6.07, 6.45) is 8.00. The number of rotatable bonds is 0. The van der Waals surface area contributed by atoms with Crippen LogP contribution >= 0.6 is 11.3 Å². The van der Waals surface area contributed by atoms with Crippen molar-refractivity contribution in [3.05, 3.63) is 24.3 Å². The first kappa shape index (κ1) is 6.12. The highest BCUT2D eigenvalue weighted by Gasteiger charge is 1.89. The smallest absolute Gasteiger partial charge is 0.0277 e. The average Bonchev–Trinajstić information content (AvgIpc) is 2.53. The Hall–Kier alpha value is -1.00. The summed E-state index contributed by atoms with van der Waals surface area (Å²) in [6.45, 7) is 0. The number of terminal acetylenes is 1. The molecule has 44 valence electrons. The normalized spacial score (nSPS) is 8.67. The molecule has 0 aliphatic carbocycles. The van der Waals surface area contributed by atoms with E-state index in [-0.39, 0.29) is 0 Å². The van der Waals surface area contributed by atoms with Crippen molar-refractivity contribution < 1.29 is 0 Å². The van der Waals surface area contributed by atoms with Gasteiger partial charge in [0, 0.05) is 9.40 Å². The Labute approximate surface area is 58.5 Å². The third-order valence-electron chi connectivity index (χ3n) is 1.06. The molecule has 0 radical (unpaired) electrons. The van der Waals surface area contributed by atoms with Gasteiger partial charge in [-0.05, 0) is 24.3 Å². The summed E-state index contributed by atoms with van der Waals surface area (Å²) in [4.78, 5) is 0. The van der Waals surface area contributed by atoms with Crippen molar-refractivity contribution >= 4 is 20.7 Å². The van der Waals surface area contributed by atoms with Crippen LogP contribution < -0.4 is 0 Å². The van der Waals surface area contributed by atoms with E-state index in [9.17, 15) is 0 Å². The van der Waals surface area contributed by atoms with Crippen LogP contribution in [0, 0.1) is 12.8 Å². The van der Waals surface area contributed by atoms with Gasteiger partial charge in [-0.2, -0.15) is 0 Å². The van der Waals surface area contributed by atoms with Crippen molar-refractivity contribution in [3.8, 4) is 12.8 Å². The number of fused-ring (bicyclic) bond motifs is 2. The predicted octanol–water partition coefficient (Wildman–Crippen LogP) is 2.59. The zero-order valence-corrected chi connectivity index (χ0v) is 5.69. The van der Waals surface area contributed by atoms with Gasteiger partial charge >= 0.3 is 0 Å². The molecule has 2 aromatic heterocycles. The van der Waals surface area contributed by atoms with Crippen molar-refractivity contribution in [3.63, 3.8) is 0 Å². The van der Waals surface area contributed by atoms with E-state index in [0.717, 1.165) is 0 Å². The number of hydrogen-bond acceptors (Lipinski definition) is 1. The minimum atomic E-state index is 1.38. The molecule has 1 heteroatoms. The lowest BCUT2D eigenvalue weighted by Crippen LogP contribution is -1.43. The Balaban J connectivity index is 0.000000186. The van der Waals surface area contributed by atoms with E-state index in [1.807, 2.05) is 11.3 Å². The number of hydrogen-bond donors (Lipinski definition) is 0. The summed E-state index contributed by atoms with van der Waals surface area (Å²) >= 11 is 1.84. The van der Waals surface area contributed by atoms with Gasteiger partial charge in [0.2, 0.25) is 0 Å². The molecule has 0 fully saturated rings. The lowest BCUT2D eigenvalue weighted by Gasteiger charge is -1.65. The van der Waals surface area contributed by atoms with E-state index in [0.29, 0.717) is 0 Å². The second-order valence-electron chi connectivity index (χ2n) is 1.57. The van der Waals surface area contributed by atoms with Gasteiger partial charge in [0.1, 0.15) is 0 Å². The first-order chi connectivity index (χ1) is 4.45. The van der Waals surface area contributed by atoms with Crippen molar-refractivity contribution in [2.75, 3.05) is 0 Å². The standard InChI is InChI=1S/C6H4S.C2H2/c1-2-6-4-3-5(1)7-6;1-2/h1-4H;1-2H. The van der Waals surface area contributed by atoms with Crippen LogP contribution in [0.5, 0.6) is 0 Å². The Morgan fingerprint density at radius 3 is 1.33 bits per heavy atom. The molecule has 0 saturated carbocycles. The van der Waals surface area contributed by atoms with Gasteiger partial charge in [0.05, 0.1) is 0 Å². The third kappa shape index (κ3) is 1.04. The highest BCUT2D eigenvalue weighted by Crippen LogP contribution is 2.22. The molecule has 0 N–H and O–H groups in total. The first-order valence-corrected chi connectivity index (χ1v) is 3.38.